The molecule has 5 nitrogen and oxygen atoms in total. The lowest BCUT2D eigenvalue weighted by atomic mass is 10.2. The van der Waals surface area contributed by atoms with Gasteiger partial charge in [0.05, 0.1) is 11.1 Å². The van der Waals surface area contributed by atoms with Gasteiger partial charge in [0.2, 0.25) is 0 Å². The summed E-state index contributed by atoms with van der Waals surface area (Å²) in [5, 5.41) is 10.6. The molecule has 0 saturated carbocycles. The Balaban J connectivity index is 1.75. The molecule has 1 N–H and O–H groups in total. The van der Waals surface area contributed by atoms with E-state index in [4.69, 9.17) is 21.4 Å². The first-order valence-electron chi connectivity index (χ1n) is 6.27. The number of fused-ring (bicyclic) bond motifs is 1. The van der Waals surface area contributed by atoms with Crippen LogP contribution in [0.4, 0.5) is 0 Å². The van der Waals surface area contributed by atoms with Gasteiger partial charge in [-0.25, -0.2) is 0 Å². The summed E-state index contributed by atoms with van der Waals surface area (Å²) in [6.07, 6.45) is 1.25. The summed E-state index contributed by atoms with van der Waals surface area (Å²) < 4.78 is 5.53. The van der Waals surface area contributed by atoms with Crippen LogP contribution in [0.3, 0.4) is 0 Å². The predicted octanol–water partition coefficient (Wildman–Crippen LogP) is 1.47. The Bertz CT molecular complexity index is 656. The second kappa shape index (κ2) is 5.26. The van der Waals surface area contributed by atoms with Crippen molar-refractivity contribution < 1.29 is 14.6 Å². The van der Waals surface area contributed by atoms with Gasteiger partial charge in [-0.1, -0.05) is 11.6 Å². The van der Waals surface area contributed by atoms with Gasteiger partial charge in [0.25, 0.3) is 5.91 Å². The Kier molecular flexibility index (Phi) is 3.46. The molecule has 104 valence electrons. The summed E-state index contributed by atoms with van der Waals surface area (Å²) in [6.45, 7) is 0.684. The molecule has 1 aliphatic heterocycles. The zero-order valence-electron chi connectivity index (χ0n) is 10.6. The normalized spacial score (nSPS) is 15.2. The summed E-state index contributed by atoms with van der Waals surface area (Å²) in [4.78, 5) is 17.6. The summed E-state index contributed by atoms with van der Waals surface area (Å²) in [5.74, 6) is 0.383. The molecule has 1 saturated heterocycles. The number of nitrogens with zero attached hydrogens (tertiary/aromatic N) is 2. The van der Waals surface area contributed by atoms with E-state index in [1.807, 2.05) is 6.07 Å². The fourth-order valence-electron chi connectivity index (χ4n) is 2.12. The maximum atomic E-state index is 11.8. The van der Waals surface area contributed by atoms with Crippen LogP contribution < -0.4 is 4.74 Å². The minimum absolute atomic E-state index is 0.0694. The molecular weight excluding hydrogens is 280 g/mol. The van der Waals surface area contributed by atoms with E-state index in [0.29, 0.717) is 29.4 Å². The van der Waals surface area contributed by atoms with Crippen LogP contribution in [0.2, 0.25) is 5.02 Å². The molecular formula is C14H13ClN2O3. The third kappa shape index (κ3) is 2.42. The van der Waals surface area contributed by atoms with Crippen LogP contribution in [0.1, 0.15) is 0 Å². The van der Waals surface area contributed by atoms with Crippen LogP contribution in [0.15, 0.2) is 30.5 Å². The fourth-order valence-corrected chi connectivity index (χ4v) is 2.33. The van der Waals surface area contributed by atoms with E-state index in [9.17, 15) is 4.79 Å². The lowest BCUT2D eigenvalue weighted by Crippen LogP contribution is -2.54. The van der Waals surface area contributed by atoms with Crippen molar-refractivity contribution in [2.45, 2.75) is 6.10 Å². The van der Waals surface area contributed by atoms with E-state index >= 15 is 0 Å². The van der Waals surface area contributed by atoms with Gasteiger partial charge in [0.15, 0.2) is 6.61 Å². The molecule has 2 heterocycles. The smallest absolute Gasteiger partial charge is 0.260 e. The number of benzene rings is 1. The second-order valence-corrected chi connectivity index (χ2v) is 5.09. The van der Waals surface area contributed by atoms with Crippen molar-refractivity contribution in [2.24, 2.45) is 0 Å². The third-order valence-corrected chi connectivity index (χ3v) is 3.58. The van der Waals surface area contributed by atoms with Crippen LogP contribution in [0.25, 0.3) is 10.9 Å². The Morgan fingerprint density at radius 1 is 1.45 bits per heavy atom. The predicted molar refractivity (Wildman–Crippen MR) is 74.8 cm³/mol. The zero-order chi connectivity index (χ0) is 14.1. The maximum absolute atomic E-state index is 11.8. The van der Waals surface area contributed by atoms with E-state index in [2.05, 4.69) is 4.98 Å². The van der Waals surface area contributed by atoms with E-state index in [1.54, 1.807) is 29.3 Å². The van der Waals surface area contributed by atoms with E-state index < -0.39 is 6.10 Å². The first-order valence-corrected chi connectivity index (χ1v) is 6.65. The highest BCUT2D eigenvalue weighted by molar-refractivity contribution is 6.35. The molecule has 0 radical (unpaired) electrons. The number of halogens is 1. The zero-order valence-corrected chi connectivity index (χ0v) is 11.4. The lowest BCUT2D eigenvalue weighted by Gasteiger charge is -2.35. The molecule has 1 amide bonds. The van der Waals surface area contributed by atoms with Gasteiger partial charge in [0, 0.05) is 24.7 Å². The van der Waals surface area contributed by atoms with Crippen LogP contribution in [-0.2, 0) is 4.79 Å². The molecule has 1 aliphatic rings. The topological polar surface area (TPSA) is 62.7 Å². The minimum Gasteiger partial charge on any atom is -0.481 e. The summed E-state index contributed by atoms with van der Waals surface area (Å²) in [6, 6.07) is 7.07. The molecule has 20 heavy (non-hydrogen) atoms. The number of likely N-dealkylation sites (tertiary alicyclic amines) is 1. The van der Waals surface area contributed by atoms with E-state index in [0.717, 1.165) is 5.39 Å². The highest BCUT2D eigenvalue weighted by Crippen LogP contribution is 2.29. The van der Waals surface area contributed by atoms with Gasteiger partial charge in [-0.05, 0) is 24.3 Å². The number of pyridine rings is 1. The molecule has 0 aliphatic carbocycles. The van der Waals surface area contributed by atoms with Crippen LogP contribution in [0.5, 0.6) is 5.75 Å². The summed E-state index contributed by atoms with van der Waals surface area (Å²) in [5.41, 5.74) is 0.636. The summed E-state index contributed by atoms with van der Waals surface area (Å²) >= 11 is 6.09. The number of aliphatic hydroxyl groups excluding tert-OH is 1. The molecule has 2 aromatic rings. The SMILES string of the molecule is O=C(COc1ccc(Cl)c2cccnc12)N1CC(O)C1. The van der Waals surface area contributed by atoms with Crippen molar-refractivity contribution in [1.82, 2.24) is 9.88 Å². The third-order valence-electron chi connectivity index (χ3n) is 3.25. The number of hydrogen-bond donors (Lipinski definition) is 1. The van der Waals surface area contributed by atoms with Crippen LogP contribution in [0, 0.1) is 0 Å². The number of amides is 1. The molecule has 1 aromatic heterocycles. The maximum Gasteiger partial charge on any atom is 0.260 e. The largest absolute Gasteiger partial charge is 0.481 e. The number of ether oxygens (including phenoxy) is 1. The monoisotopic (exact) mass is 292 g/mol. The second-order valence-electron chi connectivity index (χ2n) is 4.69. The average Bonchev–Trinajstić information content (AvgIpc) is 2.43. The van der Waals surface area contributed by atoms with Crippen LogP contribution in [-0.4, -0.2) is 46.7 Å². The first-order chi connectivity index (χ1) is 9.65. The fraction of sp³-hybridized carbons (Fsp3) is 0.286. The number of aromatic nitrogens is 1. The van der Waals surface area contributed by atoms with Gasteiger partial charge in [-0.3, -0.25) is 9.78 Å². The first kappa shape index (κ1) is 13.1. The van der Waals surface area contributed by atoms with Gasteiger partial charge >= 0.3 is 0 Å². The van der Waals surface area contributed by atoms with E-state index in [-0.39, 0.29) is 12.5 Å². The lowest BCUT2D eigenvalue weighted by molar-refractivity contribution is -0.143. The highest BCUT2D eigenvalue weighted by Gasteiger charge is 2.28. The average molecular weight is 293 g/mol. The Morgan fingerprint density at radius 2 is 2.25 bits per heavy atom. The molecule has 1 fully saturated rings. The number of carbonyl (C=O) groups excluding carboxylic acids is 1. The van der Waals surface area contributed by atoms with Crippen molar-refractivity contribution in [2.75, 3.05) is 19.7 Å². The molecule has 0 bridgehead atoms. The van der Waals surface area contributed by atoms with Crippen molar-refractivity contribution in [1.29, 1.82) is 0 Å². The molecule has 6 heteroatoms. The van der Waals surface area contributed by atoms with Gasteiger partial charge in [0.1, 0.15) is 11.3 Å². The van der Waals surface area contributed by atoms with Crippen molar-refractivity contribution >= 4 is 28.4 Å². The summed E-state index contributed by atoms with van der Waals surface area (Å²) in [7, 11) is 0. The van der Waals surface area contributed by atoms with E-state index in [1.165, 1.54) is 0 Å². The molecule has 3 rings (SSSR count). The van der Waals surface area contributed by atoms with Crippen molar-refractivity contribution in [3.8, 4) is 5.75 Å². The molecule has 0 unspecified atom stereocenters. The van der Waals surface area contributed by atoms with Crippen molar-refractivity contribution in [3.63, 3.8) is 0 Å². The molecule has 1 aromatic carbocycles. The number of hydrogen-bond acceptors (Lipinski definition) is 4. The minimum atomic E-state index is -0.406. The molecule has 0 atom stereocenters. The number of aliphatic hydroxyl groups is 1. The highest BCUT2D eigenvalue weighted by atomic mass is 35.5. The van der Waals surface area contributed by atoms with Crippen molar-refractivity contribution in [3.05, 3.63) is 35.5 Å². The molecule has 0 spiro atoms. The quantitative estimate of drug-likeness (QED) is 0.930. The van der Waals surface area contributed by atoms with Gasteiger partial charge in [-0.15, -0.1) is 0 Å². The number of rotatable bonds is 3. The standard InChI is InChI=1S/C14H13ClN2O3/c15-11-3-4-12(14-10(11)2-1-5-16-14)20-8-13(19)17-6-9(18)7-17/h1-5,9,18H,6-8H2. The Morgan fingerprint density at radius 3 is 3.00 bits per heavy atom. The van der Waals surface area contributed by atoms with Gasteiger partial charge in [-0.2, -0.15) is 0 Å². The van der Waals surface area contributed by atoms with Crippen LogP contribution >= 0.6 is 11.6 Å². The Hall–Kier alpha value is -1.85. The number of carbonyl (C=O) groups is 1. The van der Waals surface area contributed by atoms with Gasteiger partial charge < -0.3 is 14.7 Å². The number of β-amino-alcohol motifs (C(OH)–C–C–N with tert-alkyl or cyclic N) is 1. The Labute approximate surface area is 120 Å².